The lowest BCUT2D eigenvalue weighted by Gasteiger charge is -1.88. The van der Waals surface area contributed by atoms with Crippen LogP contribution in [0.3, 0.4) is 0 Å². The molecule has 0 aromatic rings. The van der Waals surface area contributed by atoms with E-state index in [1.165, 1.54) is 18.2 Å². The molecule has 1 aliphatic carbocycles. The van der Waals surface area contributed by atoms with Gasteiger partial charge in [0, 0.05) is 12.1 Å². The van der Waals surface area contributed by atoms with Gasteiger partial charge in [-0.05, 0) is 12.2 Å². The van der Waals surface area contributed by atoms with Crippen LogP contribution in [0.4, 0.5) is 4.39 Å². The molecule has 0 unspecified atom stereocenters. The van der Waals surface area contributed by atoms with Gasteiger partial charge in [0.1, 0.15) is 11.9 Å². The van der Waals surface area contributed by atoms with Crippen molar-refractivity contribution in [1.29, 1.82) is 5.26 Å². The van der Waals surface area contributed by atoms with Crippen molar-refractivity contribution in [3.8, 4) is 6.07 Å². The van der Waals surface area contributed by atoms with Crippen molar-refractivity contribution in [2.24, 2.45) is 5.73 Å². The average Bonchev–Trinajstić information content (AvgIpc) is 2.15. The molecule has 0 fully saturated rings. The number of hydrogen-bond acceptors (Lipinski definition) is 2. The summed E-state index contributed by atoms with van der Waals surface area (Å²) >= 11 is 0. The molecule has 0 amide bonds. The predicted octanol–water partition coefficient (Wildman–Crippen LogP) is 1.54. The summed E-state index contributed by atoms with van der Waals surface area (Å²) in [4.78, 5) is 0. The highest BCUT2D eigenvalue weighted by Gasteiger charge is 2.04. The fourth-order valence-electron chi connectivity index (χ4n) is 0.753. The Hall–Kier alpha value is -1.56. The molecule has 1 rings (SSSR count). The molecule has 0 aliphatic heterocycles. The van der Waals surface area contributed by atoms with Crippen molar-refractivity contribution in [3.63, 3.8) is 0 Å². The van der Waals surface area contributed by atoms with Crippen LogP contribution in [-0.4, -0.2) is 0 Å². The Morgan fingerprint density at radius 1 is 1.55 bits per heavy atom. The van der Waals surface area contributed by atoms with E-state index >= 15 is 0 Å². The SMILES string of the molecule is N#CC1=C(F)CC=C(N)C=C1. The highest BCUT2D eigenvalue weighted by molar-refractivity contribution is 5.41. The quantitative estimate of drug-likeness (QED) is 0.569. The molecular weight excluding hydrogens is 143 g/mol. The minimum absolute atomic E-state index is 0.0571. The predicted molar refractivity (Wildman–Crippen MR) is 39.8 cm³/mol. The minimum Gasteiger partial charge on any atom is -0.399 e. The fourth-order valence-corrected chi connectivity index (χ4v) is 0.753. The first-order valence-electron chi connectivity index (χ1n) is 3.16. The summed E-state index contributed by atoms with van der Waals surface area (Å²) in [7, 11) is 0. The van der Waals surface area contributed by atoms with Gasteiger partial charge in [-0.25, -0.2) is 4.39 Å². The van der Waals surface area contributed by atoms with Crippen LogP contribution >= 0.6 is 0 Å². The molecule has 2 N–H and O–H groups in total. The number of allylic oxidation sites excluding steroid dienone is 5. The van der Waals surface area contributed by atoms with E-state index in [1.54, 1.807) is 6.07 Å². The van der Waals surface area contributed by atoms with Gasteiger partial charge >= 0.3 is 0 Å². The number of nitrogens with two attached hydrogens (primary N) is 1. The summed E-state index contributed by atoms with van der Waals surface area (Å²) in [5.74, 6) is -0.427. The maximum absolute atomic E-state index is 12.8. The van der Waals surface area contributed by atoms with Gasteiger partial charge in [0.05, 0.1) is 5.57 Å². The third kappa shape index (κ3) is 1.68. The number of nitriles is 1. The van der Waals surface area contributed by atoms with Crippen molar-refractivity contribution in [1.82, 2.24) is 0 Å². The summed E-state index contributed by atoms with van der Waals surface area (Å²) in [6.07, 6.45) is 4.55. The molecule has 2 nitrogen and oxygen atoms in total. The van der Waals surface area contributed by atoms with Gasteiger partial charge in [0.15, 0.2) is 0 Å². The molecule has 11 heavy (non-hydrogen) atoms. The van der Waals surface area contributed by atoms with Gasteiger partial charge < -0.3 is 5.73 Å². The lowest BCUT2D eigenvalue weighted by molar-refractivity contribution is 0.613. The van der Waals surface area contributed by atoms with E-state index in [1.807, 2.05) is 0 Å². The molecule has 0 saturated heterocycles. The Morgan fingerprint density at radius 3 is 2.91 bits per heavy atom. The standard InChI is InChI=1S/C8H7FN2/c9-8-4-3-7(11)2-1-6(8)5-10/h1-3H,4,11H2. The summed E-state index contributed by atoms with van der Waals surface area (Å²) in [5, 5.41) is 8.41. The molecule has 1 aliphatic rings. The topological polar surface area (TPSA) is 49.8 Å². The number of rotatable bonds is 0. The van der Waals surface area contributed by atoms with E-state index in [-0.39, 0.29) is 12.0 Å². The molecule has 0 radical (unpaired) electrons. The maximum atomic E-state index is 12.8. The van der Waals surface area contributed by atoms with Crippen LogP contribution in [0.15, 0.2) is 35.3 Å². The number of nitrogens with zero attached hydrogens (tertiary/aromatic N) is 1. The summed E-state index contributed by atoms with van der Waals surface area (Å²) in [6, 6.07) is 1.74. The van der Waals surface area contributed by atoms with E-state index in [2.05, 4.69) is 0 Å². The van der Waals surface area contributed by atoms with Crippen LogP contribution in [0, 0.1) is 11.3 Å². The third-order valence-corrected chi connectivity index (χ3v) is 1.37. The molecule has 0 aromatic heterocycles. The summed E-state index contributed by atoms with van der Waals surface area (Å²) < 4.78 is 12.8. The zero-order chi connectivity index (χ0) is 8.27. The molecule has 0 atom stereocenters. The van der Waals surface area contributed by atoms with Crippen LogP contribution in [-0.2, 0) is 0 Å². The van der Waals surface area contributed by atoms with E-state index in [0.29, 0.717) is 5.70 Å². The van der Waals surface area contributed by atoms with E-state index in [9.17, 15) is 4.39 Å². The zero-order valence-electron chi connectivity index (χ0n) is 5.84. The van der Waals surface area contributed by atoms with Crippen molar-refractivity contribution in [2.45, 2.75) is 6.42 Å². The maximum Gasteiger partial charge on any atom is 0.121 e. The average molecular weight is 150 g/mol. The number of hydrogen-bond donors (Lipinski definition) is 1. The largest absolute Gasteiger partial charge is 0.399 e. The monoisotopic (exact) mass is 150 g/mol. The van der Waals surface area contributed by atoms with Crippen LogP contribution < -0.4 is 5.73 Å². The van der Waals surface area contributed by atoms with Crippen LogP contribution in [0.25, 0.3) is 0 Å². The van der Waals surface area contributed by atoms with Gasteiger partial charge in [0.2, 0.25) is 0 Å². The molecule has 0 bridgehead atoms. The lowest BCUT2D eigenvalue weighted by atomic mass is 10.2. The van der Waals surface area contributed by atoms with Crippen LogP contribution in [0.5, 0.6) is 0 Å². The van der Waals surface area contributed by atoms with E-state index < -0.39 is 5.83 Å². The molecule has 0 aromatic carbocycles. The molecule has 56 valence electrons. The van der Waals surface area contributed by atoms with Crippen LogP contribution in [0.1, 0.15) is 6.42 Å². The van der Waals surface area contributed by atoms with Crippen molar-refractivity contribution in [3.05, 3.63) is 35.3 Å². The molecule has 0 heterocycles. The second-order valence-corrected chi connectivity index (χ2v) is 2.17. The first-order valence-corrected chi connectivity index (χ1v) is 3.16. The summed E-state index contributed by atoms with van der Waals surface area (Å²) in [6.45, 7) is 0. The van der Waals surface area contributed by atoms with Gasteiger partial charge in [-0.15, -0.1) is 0 Å². The zero-order valence-corrected chi connectivity index (χ0v) is 5.84. The van der Waals surface area contributed by atoms with Gasteiger partial charge in [0.25, 0.3) is 0 Å². The highest BCUT2D eigenvalue weighted by Crippen LogP contribution is 2.16. The second-order valence-electron chi connectivity index (χ2n) is 2.17. The first kappa shape index (κ1) is 7.55. The molecule has 0 saturated carbocycles. The Labute approximate surface area is 64.1 Å². The number of halogens is 1. The minimum atomic E-state index is -0.427. The van der Waals surface area contributed by atoms with Crippen molar-refractivity contribution in [2.75, 3.05) is 0 Å². The van der Waals surface area contributed by atoms with E-state index in [4.69, 9.17) is 11.0 Å². The fraction of sp³-hybridized carbons (Fsp3) is 0.125. The Bertz CT molecular complexity index is 292. The lowest BCUT2D eigenvalue weighted by Crippen LogP contribution is -1.90. The Balaban J connectivity index is 2.99. The van der Waals surface area contributed by atoms with E-state index in [0.717, 1.165) is 0 Å². The van der Waals surface area contributed by atoms with Gasteiger partial charge in [-0.3, -0.25) is 0 Å². The molecular formula is C8H7FN2. The van der Waals surface area contributed by atoms with Crippen molar-refractivity contribution >= 4 is 0 Å². The highest BCUT2D eigenvalue weighted by atomic mass is 19.1. The van der Waals surface area contributed by atoms with Crippen LogP contribution in [0.2, 0.25) is 0 Å². The van der Waals surface area contributed by atoms with Gasteiger partial charge in [-0.2, -0.15) is 5.26 Å². The molecule has 3 heteroatoms. The van der Waals surface area contributed by atoms with Gasteiger partial charge in [-0.1, -0.05) is 6.08 Å². The first-order chi connectivity index (χ1) is 5.24. The third-order valence-electron chi connectivity index (χ3n) is 1.37. The second kappa shape index (κ2) is 3.02. The summed E-state index contributed by atoms with van der Waals surface area (Å²) in [5.41, 5.74) is 5.93. The normalized spacial score (nSPS) is 17.3. The Morgan fingerprint density at radius 2 is 2.27 bits per heavy atom. The Kier molecular flexibility index (Phi) is 2.07. The molecule has 0 spiro atoms. The smallest absolute Gasteiger partial charge is 0.121 e. The van der Waals surface area contributed by atoms with Crippen molar-refractivity contribution < 1.29 is 4.39 Å².